The van der Waals surface area contributed by atoms with Crippen molar-refractivity contribution in [3.05, 3.63) is 92.4 Å². The van der Waals surface area contributed by atoms with Gasteiger partial charge in [-0.15, -0.1) is 0 Å². The van der Waals surface area contributed by atoms with E-state index in [1.54, 1.807) is 17.0 Å². The normalized spacial score (nSPS) is 11.3. The van der Waals surface area contributed by atoms with Crippen LogP contribution in [0.5, 0.6) is 0 Å². The number of aryl methyl sites for hydroxylation is 1. The summed E-state index contributed by atoms with van der Waals surface area (Å²) in [5.74, 6) is 0.116. The first-order valence-corrected chi connectivity index (χ1v) is 7.47. The lowest BCUT2D eigenvalue weighted by atomic mass is 10.1. The van der Waals surface area contributed by atoms with E-state index in [9.17, 15) is 10.1 Å². The lowest BCUT2D eigenvalue weighted by Gasteiger charge is -2.23. The molecular formula is C17H18ClN3O2. The van der Waals surface area contributed by atoms with Crippen LogP contribution in [-0.4, -0.2) is 9.82 Å². The molecule has 0 aliphatic heterocycles. The topological polar surface area (TPSA) is 72.4 Å². The Labute approximate surface area is 140 Å². The lowest BCUT2D eigenvalue weighted by molar-refractivity contribution is -0.404. The average Bonchev–Trinajstić information content (AvgIpc) is 2.50. The molecule has 23 heavy (non-hydrogen) atoms. The van der Waals surface area contributed by atoms with E-state index in [-0.39, 0.29) is 5.82 Å². The molecular weight excluding hydrogens is 314 g/mol. The van der Waals surface area contributed by atoms with Crippen LogP contribution in [0.2, 0.25) is 5.02 Å². The van der Waals surface area contributed by atoms with Gasteiger partial charge in [0.2, 0.25) is 0 Å². The van der Waals surface area contributed by atoms with E-state index < -0.39 is 4.92 Å². The molecule has 2 aromatic rings. The molecule has 0 saturated heterocycles. The fraction of sp³-hybridized carbons (Fsp3) is 0.176. The van der Waals surface area contributed by atoms with Gasteiger partial charge in [0, 0.05) is 18.1 Å². The minimum Gasteiger partial charge on any atom is -0.380 e. The van der Waals surface area contributed by atoms with Crippen molar-refractivity contribution in [1.82, 2.24) is 4.90 Å². The van der Waals surface area contributed by atoms with E-state index in [1.165, 1.54) is 0 Å². The van der Waals surface area contributed by atoms with Crippen LogP contribution in [0.15, 0.2) is 60.6 Å². The van der Waals surface area contributed by atoms with E-state index >= 15 is 0 Å². The summed E-state index contributed by atoms with van der Waals surface area (Å²) in [7, 11) is 0. The second-order valence-corrected chi connectivity index (χ2v) is 5.74. The minimum absolute atomic E-state index is 0.116. The Morgan fingerprint density at radius 3 is 2.09 bits per heavy atom. The van der Waals surface area contributed by atoms with Crippen molar-refractivity contribution in [3.63, 3.8) is 0 Å². The van der Waals surface area contributed by atoms with Crippen molar-refractivity contribution < 1.29 is 4.92 Å². The maximum absolute atomic E-state index is 10.7. The first-order chi connectivity index (χ1) is 10.9. The summed E-state index contributed by atoms with van der Waals surface area (Å²) < 4.78 is 0. The van der Waals surface area contributed by atoms with Crippen LogP contribution in [0.1, 0.15) is 16.7 Å². The SMILES string of the molecule is Cc1ccc(CN(Cc2ccc(Cl)cc2)/C(N)=C/[N+](=O)[O-])cc1. The van der Waals surface area contributed by atoms with Gasteiger partial charge in [-0.25, -0.2) is 0 Å². The van der Waals surface area contributed by atoms with Gasteiger partial charge in [0.25, 0.3) is 6.20 Å². The molecule has 2 rings (SSSR count). The van der Waals surface area contributed by atoms with E-state index in [4.69, 9.17) is 17.3 Å². The van der Waals surface area contributed by atoms with Gasteiger partial charge in [0.1, 0.15) is 0 Å². The summed E-state index contributed by atoms with van der Waals surface area (Å²) in [5, 5.41) is 11.4. The van der Waals surface area contributed by atoms with Gasteiger partial charge in [0.05, 0.1) is 4.92 Å². The highest BCUT2D eigenvalue weighted by Gasteiger charge is 2.12. The molecule has 0 saturated carbocycles. The Kier molecular flexibility index (Phi) is 5.60. The molecule has 6 heteroatoms. The van der Waals surface area contributed by atoms with Crippen LogP contribution < -0.4 is 5.73 Å². The van der Waals surface area contributed by atoms with E-state index in [0.29, 0.717) is 18.1 Å². The predicted octanol–water partition coefficient (Wildman–Crippen LogP) is 3.68. The maximum atomic E-state index is 10.7. The number of hydrogen-bond acceptors (Lipinski definition) is 4. The molecule has 5 nitrogen and oxygen atoms in total. The maximum Gasteiger partial charge on any atom is 0.274 e. The lowest BCUT2D eigenvalue weighted by Crippen LogP contribution is -2.27. The van der Waals surface area contributed by atoms with Crippen LogP contribution in [0.4, 0.5) is 0 Å². The number of benzene rings is 2. The van der Waals surface area contributed by atoms with Crippen molar-refractivity contribution in [1.29, 1.82) is 0 Å². The minimum atomic E-state index is -0.542. The van der Waals surface area contributed by atoms with E-state index in [1.807, 2.05) is 43.3 Å². The van der Waals surface area contributed by atoms with Gasteiger partial charge in [-0.3, -0.25) is 10.1 Å². The van der Waals surface area contributed by atoms with Gasteiger partial charge in [0.15, 0.2) is 5.82 Å². The fourth-order valence-electron chi connectivity index (χ4n) is 2.15. The van der Waals surface area contributed by atoms with Crippen molar-refractivity contribution in [2.75, 3.05) is 0 Å². The van der Waals surface area contributed by atoms with Gasteiger partial charge in [-0.1, -0.05) is 53.6 Å². The molecule has 2 N–H and O–H groups in total. The largest absolute Gasteiger partial charge is 0.380 e. The first-order valence-electron chi connectivity index (χ1n) is 7.10. The van der Waals surface area contributed by atoms with E-state index in [2.05, 4.69) is 0 Å². The van der Waals surface area contributed by atoms with Crippen LogP contribution >= 0.6 is 11.6 Å². The Morgan fingerprint density at radius 1 is 1.13 bits per heavy atom. The van der Waals surface area contributed by atoms with Crippen LogP contribution in [0.25, 0.3) is 0 Å². The van der Waals surface area contributed by atoms with Crippen molar-refractivity contribution >= 4 is 11.6 Å². The smallest absolute Gasteiger partial charge is 0.274 e. The second kappa shape index (κ2) is 7.65. The second-order valence-electron chi connectivity index (χ2n) is 5.31. The standard InChI is InChI=1S/C17H18ClN3O2/c1-13-2-4-14(5-3-13)10-20(17(19)12-21(22)23)11-15-6-8-16(18)9-7-15/h2-9,12H,10-11,19H2,1H3/b17-12+. The van der Waals surface area contributed by atoms with Gasteiger partial charge >= 0.3 is 0 Å². The molecule has 2 aromatic carbocycles. The van der Waals surface area contributed by atoms with Crippen molar-refractivity contribution in [2.24, 2.45) is 5.73 Å². The summed E-state index contributed by atoms with van der Waals surface area (Å²) in [6.45, 7) is 2.95. The third kappa shape index (κ3) is 5.30. The Hall–Kier alpha value is -2.53. The Bertz CT molecular complexity index is 649. The monoisotopic (exact) mass is 331 g/mol. The summed E-state index contributed by atoms with van der Waals surface area (Å²) in [4.78, 5) is 11.9. The zero-order valence-corrected chi connectivity index (χ0v) is 13.5. The molecule has 0 aromatic heterocycles. The molecule has 0 amide bonds. The highest BCUT2D eigenvalue weighted by Crippen LogP contribution is 2.16. The summed E-state index contributed by atoms with van der Waals surface area (Å²) >= 11 is 5.89. The summed E-state index contributed by atoms with van der Waals surface area (Å²) in [5.41, 5.74) is 9.06. The van der Waals surface area contributed by atoms with Crippen LogP contribution in [0.3, 0.4) is 0 Å². The zero-order valence-electron chi connectivity index (χ0n) is 12.8. The fourth-order valence-corrected chi connectivity index (χ4v) is 2.28. The number of nitrogens with zero attached hydrogens (tertiary/aromatic N) is 2. The molecule has 0 unspecified atom stereocenters. The van der Waals surface area contributed by atoms with Gasteiger partial charge in [-0.2, -0.15) is 0 Å². The third-order valence-electron chi connectivity index (χ3n) is 3.38. The van der Waals surface area contributed by atoms with E-state index in [0.717, 1.165) is 22.9 Å². The molecule has 0 heterocycles. The average molecular weight is 332 g/mol. The molecule has 0 fully saturated rings. The zero-order chi connectivity index (χ0) is 16.8. The number of rotatable bonds is 6. The van der Waals surface area contributed by atoms with Crippen LogP contribution in [0, 0.1) is 17.0 Å². The summed E-state index contributed by atoms with van der Waals surface area (Å²) in [6.07, 6.45) is 0.824. The number of hydrogen-bond donors (Lipinski definition) is 1. The van der Waals surface area contributed by atoms with Gasteiger partial charge < -0.3 is 10.6 Å². The number of halogens is 1. The number of nitrogens with two attached hydrogens (primary N) is 1. The number of nitro groups is 1. The molecule has 0 aliphatic rings. The molecule has 0 bridgehead atoms. The third-order valence-corrected chi connectivity index (χ3v) is 3.64. The summed E-state index contributed by atoms with van der Waals surface area (Å²) in [6, 6.07) is 15.3. The molecule has 0 radical (unpaired) electrons. The molecule has 0 aliphatic carbocycles. The quantitative estimate of drug-likeness (QED) is 0.647. The highest BCUT2D eigenvalue weighted by atomic mass is 35.5. The van der Waals surface area contributed by atoms with Crippen molar-refractivity contribution in [2.45, 2.75) is 20.0 Å². The highest BCUT2D eigenvalue weighted by molar-refractivity contribution is 6.30. The molecule has 0 spiro atoms. The first kappa shape index (κ1) is 16.8. The molecule has 0 atom stereocenters. The Morgan fingerprint density at radius 2 is 1.61 bits per heavy atom. The van der Waals surface area contributed by atoms with Crippen molar-refractivity contribution in [3.8, 4) is 0 Å². The molecule has 120 valence electrons. The Balaban J connectivity index is 2.22. The van der Waals surface area contributed by atoms with Gasteiger partial charge in [-0.05, 0) is 30.2 Å². The van der Waals surface area contributed by atoms with Crippen LogP contribution in [-0.2, 0) is 13.1 Å². The predicted molar refractivity (Wildman–Crippen MR) is 91.1 cm³/mol.